The molecule has 0 saturated heterocycles. The Hall–Kier alpha value is -3.47. The van der Waals surface area contributed by atoms with Gasteiger partial charge in [0.15, 0.2) is 0 Å². The standard InChI is InChI=1S/C21H19N3O2/c1-23(18-9-5-3-6-10-18)20(25)16-13-17(15-22-14-16)21(26)24(2)19-11-7-4-8-12-19/h3-15H,1-2H3. The molecule has 0 aliphatic rings. The molecule has 0 atom stereocenters. The maximum atomic E-state index is 12.7. The SMILES string of the molecule is CN(C(=O)c1cncc(C(=O)N(C)c2ccccc2)c1)c1ccccc1. The van der Waals surface area contributed by atoms with Gasteiger partial charge in [0, 0.05) is 37.9 Å². The van der Waals surface area contributed by atoms with E-state index in [2.05, 4.69) is 4.98 Å². The molecule has 0 radical (unpaired) electrons. The first kappa shape index (κ1) is 17.4. The fraction of sp³-hybridized carbons (Fsp3) is 0.0952. The molecule has 0 spiro atoms. The third kappa shape index (κ3) is 3.62. The van der Waals surface area contributed by atoms with Crippen LogP contribution in [0.2, 0.25) is 0 Å². The molecule has 0 aliphatic heterocycles. The first-order valence-electron chi connectivity index (χ1n) is 8.19. The maximum Gasteiger partial charge on any atom is 0.259 e. The van der Waals surface area contributed by atoms with Gasteiger partial charge in [-0.25, -0.2) is 0 Å². The molecule has 2 aromatic carbocycles. The maximum absolute atomic E-state index is 12.7. The summed E-state index contributed by atoms with van der Waals surface area (Å²) in [6.07, 6.45) is 2.95. The number of carbonyl (C=O) groups is 2. The van der Waals surface area contributed by atoms with E-state index in [4.69, 9.17) is 0 Å². The number of carbonyl (C=O) groups excluding carboxylic acids is 2. The quantitative estimate of drug-likeness (QED) is 0.725. The Morgan fingerprint density at radius 1 is 0.692 bits per heavy atom. The van der Waals surface area contributed by atoms with Crippen molar-refractivity contribution in [1.29, 1.82) is 0 Å². The molecule has 5 nitrogen and oxygen atoms in total. The summed E-state index contributed by atoms with van der Waals surface area (Å²) < 4.78 is 0. The highest BCUT2D eigenvalue weighted by Gasteiger charge is 2.18. The molecule has 0 unspecified atom stereocenters. The summed E-state index contributed by atoms with van der Waals surface area (Å²) in [7, 11) is 3.39. The number of para-hydroxylation sites is 2. The lowest BCUT2D eigenvalue weighted by atomic mass is 10.1. The van der Waals surface area contributed by atoms with Gasteiger partial charge in [-0.1, -0.05) is 36.4 Å². The Labute approximate surface area is 152 Å². The monoisotopic (exact) mass is 345 g/mol. The van der Waals surface area contributed by atoms with Gasteiger partial charge < -0.3 is 9.80 Å². The number of rotatable bonds is 4. The normalized spacial score (nSPS) is 10.2. The summed E-state index contributed by atoms with van der Waals surface area (Å²) in [5, 5.41) is 0. The first-order valence-corrected chi connectivity index (χ1v) is 8.19. The Kier molecular flexibility index (Phi) is 5.08. The third-order valence-corrected chi connectivity index (χ3v) is 4.13. The minimum Gasteiger partial charge on any atom is -0.311 e. The number of aromatic nitrogens is 1. The lowest BCUT2D eigenvalue weighted by Gasteiger charge is -2.19. The number of nitrogens with zero attached hydrogens (tertiary/aromatic N) is 3. The minimum atomic E-state index is -0.222. The number of benzene rings is 2. The van der Waals surface area contributed by atoms with Crippen LogP contribution in [0.15, 0.2) is 79.1 Å². The van der Waals surface area contributed by atoms with E-state index in [1.54, 1.807) is 20.2 Å². The van der Waals surface area contributed by atoms with Crippen molar-refractivity contribution in [3.05, 3.63) is 90.3 Å². The second kappa shape index (κ2) is 7.61. The second-order valence-electron chi connectivity index (χ2n) is 5.86. The van der Waals surface area contributed by atoms with Crippen LogP contribution in [0.4, 0.5) is 11.4 Å². The number of anilines is 2. The van der Waals surface area contributed by atoms with Crippen LogP contribution < -0.4 is 9.80 Å². The highest BCUT2D eigenvalue weighted by atomic mass is 16.2. The molecule has 3 aromatic rings. The first-order chi connectivity index (χ1) is 12.6. The van der Waals surface area contributed by atoms with E-state index >= 15 is 0 Å². The van der Waals surface area contributed by atoms with Gasteiger partial charge in [0.05, 0.1) is 11.1 Å². The van der Waals surface area contributed by atoms with E-state index in [1.807, 2.05) is 60.7 Å². The highest BCUT2D eigenvalue weighted by Crippen LogP contribution is 2.17. The van der Waals surface area contributed by atoms with Crippen LogP contribution in [0.1, 0.15) is 20.7 Å². The molecule has 26 heavy (non-hydrogen) atoms. The Bertz CT molecular complexity index is 838. The van der Waals surface area contributed by atoms with Crippen molar-refractivity contribution in [2.75, 3.05) is 23.9 Å². The Balaban J connectivity index is 1.84. The van der Waals surface area contributed by atoms with Crippen LogP contribution in [-0.4, -0.2) is 30.9 Å². The van der Waals surface area contributed by atoms with E-state index in [0.29, 0.717) is 11.1 Å². The van der Waals surface area contributed by atoms with Crippen molar-refractivity contribution in [2.24, 2.45) is 0 Å². The predicted molar refractivity (Wildman–Crippen MR) is 103 cm³/mol. The molecule has 2 amide bonds. The fourth-order valence-electron chi connectivity index (χ4n) is 2.60. The molecular weight excluding hydrogens is 326 g/mol. The van der Waals surface area contributed by atoms with Gasteiger partial charge in [-0.15, -0.1) is 0 Å². The molecule has 3 rings (SSSR count). The van der Waals surface area contributed by atoms with Crippen molar-refractivity contribution in [1.82, 2.24) is 4.98 Å². The van der Waals surface area contributed by atoms with Crippen molar-refractivity contribution in [2.45, 2.75) is 0 Å². The highest BCUT2D eigenvalue weighted by molar-refractivity contribution is 6.09. The van der Waals surface area contributed by atoms with Gasteiger partial charge in [-0.2, -0.15) is 0 Å². The average molecular weight is 345 g/mol. The summed E-state index contributed by atoms with van der Waals surface area (Å²) in [6, 6.07) is 20.2. The second-order valence-corrected chi connectivity index (χ2v) is 5.86. The zero-order valence-electron chi connectivity index (χ0n) is 14.7. The van der Waals surface area contributed by atoms with Crippen molar-refractivity contribution in [3.63, 3.8) is 0 Å². The molecule has 1 heterocycles. The number of hydrogen-bond donors (Lipinski definition) is 0. The molecule has 1 aromatic heterocycles. The van der Waals surface area contributed by atoms with Gasteiger partial charge in [0.1, 0.15) is 0 Å². The average Bonchev–Trinajstić information content (AvgIpc) is 2.73. The molecule has 0 fully saturated rings. The van der Waals surface area contributed by atoms with Crippen LogP contribution in [0.3, 0.4) is 0 Å². The Morgan fingerprint density at radius 3 is 1.46 bits per heavy atom. The molecule has 130 valence electrons. The van der Waals surface area contributed by atoms with E-state index in [9.17, 15) is 9.59 Å². The third-order valence-electron chi connectivity index (χ3n) is 4.13. The van der Waals surface area contributed by atoms with Gasteiger partial charge >= 0.3 is 0 Å². The lowest BCUT2D eigenvalue weighted by molar-refractivity contribution is 0.0992. The smallest absolute Gasteiger partial charge is 0.259 e. The van der Waals surface area contributed by atoms with Gasteiger partial charge in [-0.3, -0.25) is 14.6 Å². The summed E-state index contributed by atoms with van der Waals surface area (Å²) >= 11 is 0. The zero-order valence-corrected chi connectivity index (χ0v) is 14.7. The molecule has 5 heteroatoms. The molecule has 0 aliphatic carbocycles. The summed E-state index contributed by atoms with van der Waals surface area (Å²) in [5.41, 5.74) is 2.28. The lowest BCUT2D eigenvalue weighted by Crippen LogP contribution is -2.28. The Morgan fingerprint density at radius 2 is 1.08 bits per heavy atom. The number of pyridine rings is 1. The van der Waals surface area contributed by atoms with E-state index < -0.39 is 0 Å². The summed E-state index contributed by atoms with van der Waals surface area (Å²) in [4.78, 5) is 32.6. The van der Waals surface area contributed by atoms with Crippen LogP contribution in [0.5, 0.6) is 0 Å². The van der Waals surface area contributed by atoms with Crippen molar-refractivity contribution in [3.8, 4) is 0 Å². The van der Waals surface area contributed by atoms with E-state index in [1.165, 1.54) is 22.2 Å². The zero-order chi connectivity index (χ0) is 18.5. The minimum absolute atomic E-state index is 0.222. The summed E-state index contributed by atoms with van der Waals surface area (Å²) in [5.74, 6) is -0.443. The number of hydrogen-bond acceptors (Lipinski definition) is 3. The van der Waals surface area contributed by atoms with Crippen LogP contribution in [0.25, 0.3) is 0 Å². The van der Waals surface area contributed by atoms with Gasteiger partial charge in [-0.05, 0) is 30.3 Å². The molecule has 0 bridgehead atoms. The van der Waals surface area contributed by atoms with Crippen molar-refractivity contribution < 1.29 is 9.59 Å². The van der Waals surface area contributed by atoms with Gasteiger partial charge in [0.2, 0.25) is 0 Å². The van der Waals surface area contributed by atoms with Crippen molar-refractivity contribution >= 4 is 23.2 Å². The van der Waals surface area contributed by atoms with E-state index in [-0.39, 0.29) is 11.8 Å². The number of amides is 2. The van der Waals surface area contributed by atoms with Crippen LogP contribution >= 0.6 is 0 Å². The topological polar surface area (TPSA) is 53.5 Å². The molecule has 0 N–H and O–H groups in total. The van der Waals surface area contributed by atoms with Gasteiger partial charge in [0.25, 0.3) is 11.8 Å². The van der Waals surface area contributed by atoms with E-state index in [0.717, 1.165) is 11.4 Å². The molecular formula is C21H19N3O2. The predicted octanol–water partition coefficient (Wildman–Crippen LogP) is 3.63. The van der Waals surface area contributed by atoms with Crippen LogP contribution in [0, 0.1) is 0 Å². The fourth-order valence-corrected chi connectivity index (χ4v) is 2.60. The van der Waals surface area contributed by atoms with Crippen LogP contribution in [-0.2, 0) is 0 Å². The largest absolute Gasteiger partial charge is 0.311 e. The summed E-state index contributed by atoms with van der Waals surface area (Å²) in [6.45, 7) is 0. The molecule has 0 saturated carbocycles.